The van der Waals surface area contributed by atoms with E-state index in [-0.39, 0.29) is 17.5 Å². The topological polar surface area (TPSA) is 66.5 Å². The highest BCUT2D eigenvalue weighted by Gasteiger charge is 2.19. The zero-order chi connectivity index (χ0) is 23.3. The predicted molar refractivity (Wildman–Crippen MR) is 131 cm³/mol. The molecule has 0 bridgehead atoms. The van der Waals surface area contributed by atoms with Gasteiger partial charge in [0.15, 0.2) is 0 Å². The number of benzene rings is 3. The van der Waals surface area contributed by atoms with Crippen molar-refractivity contribution in [2.75, 3.05) is 17.1 Å². The fourth-order valence-electron chi connectivity index (χ4n) is 3.04. The summed E-state index contributed by atoms with van der Waals surface area (Å²) in [6.45, 7) is 0.580. The van der Waals surface area contributed by atoms with Crippen LogP contribution >= 0.6 is 34.8 Å². The van der Waals surface area contributed by atoms with E-state index in [1.807, 2.05) is 24.3 Å². The van der Waals surface area contributed by atoms with Crippen LogP contribution in [0.5, 0.6) is 0 Å². The summed E-state index contributed by atoms with van der Waals surface area (Å²) in [6, 6.07) is 18.9. The number of hydrogen-bond donors (Lipinski definition) is 1. The molecule has 0 aliphatic carbocycles. The Labute approximate surface area is 203 Å². The van der Waals surface area contributed by atoms with E-state index >= 15 is 0 Å². The van der Waals surface area contributed by atoms with Gasteiger partial charge in [-0.25, -0.2) is 8.42 Å². The van der Waals surface area contributed by atoms with Crippen LogP contribution in [0.25, 0.3) is 0 Å². The third-order valence-corrected chi connectivity index (χ3v) is 6.88. The van der Waals surface area contributed by atoms with Crippen molar-refractivity contribution < 1.29 is 13.2 Å². The number of amides is 1. The molecule has 0 saturated heterocycles. The largest absolute Gasteiger partial charge is 0.352 e. The maximum absolute atomic E-state index is 12.4. The van der Waals surface area contributed by atoms with Crippen molar-refractivity contribution in [2.45, 2.75) is 13.0 Å². The first-order valence-corrected chi connectivity index (χ1v) is 12.7. The highest BCUT2D eigenvalue weighted by atomic mass is 35.5. The van der Waals surface area contributed by atoms with Crippen LogP contribution in [0.1, 0.15) is 21.5 Å². The van der Waals surface area contributed by atoms with Gasteiger partial charge in [0.25, 0.3) is 5.91 Å². The summed E-state index contributed by atoms with van der Waals surface area (Å²) >= 11 is 17.9. The molecule has 0 spiro atoms. The first-order valence-electron chi connectivity index (χ1n) is 9.68. The van der Waals surface area contributed by atoms with E-state index in [0.29, 0.717) is 34.3 Å². The quantitative estimate of drug-likeness (QED) is 0.429. The Kier molecular flexibility index (Phi) is 8.06. The molecule has 0 heterocycles. The van der Waals surface area contributed by atoms with Crippen LogP contribution in [-0.2, 0) is 23.0 Å². The maximum atomic E-state index is 12.4. The fraction of sp³-hybridized carbons (Fsp3) is 0.174. The van der Waals surface area contributed by atoms with Gasteiger partial charge >= 0.3 is 0 Å². The van der Waals surface area contributed by atoms with Gasteiger partial charge in [0, 0.05) is 17.1 Å². The van der Waals surface area contributed by atoms with E-state index in [4.69, 9.17) is 34.8 Å². The number of nitrogens with zero attached hydrogens (tertiary/aromatic N) is 1. The minimum Gasteiger partial charge on any atom is -0.352 e. The molecule has 32 heavy (non-hydrogen) atoms. The van der Waals surface area contributed by atoms with Gasteiger partial charge in [-0.2, -0.15) is 0 Å². The molecule has 0 radical (unpaired) electrons. The monoisotopic (exact) mass is 510 g/mol. The summed E-state index contributed by atoms with van der Waals surface area (Å²) in [7, 11) is -3.57. The van der Waals surface area contributed by atoms with Crippen molar-refractivity contribution in [3.8, 4) is 0 Å². The number of halogens is 3. The highest BCUT2D eigenvalue weighted by Crippen LogP contribution is 2.29. The van der Waals surface area contributed by atoms with Crippen LogP contribution in [0, 0.1) is 0 Å². The molecule has 0 saturated carbocycles. The Bertz CT molecular complexity index is 1200. The minimum absolute atomic E-state index is 0.0925. The molecule has 0 fully saturated rings. The molecule has 3 rings (SSSR count). The lowest BCUT2D eigenvalue weighted by molar-refractivity contribution is 0.0954. The summed E-state index contributed by atoms with van der Waals surface area (Å²) in [5, 5.41) is 4.16. The van der Waals surface area contributed by atoms with Gasteiger partial charge in [-0.15, -0.1) is 0 Å². The van der Waals surface area contributed by atoms with Gasteiger partial charge in [-0.1, -0.05) is 59.1 Å². The molecule has 0 aliphatic heterocycles. The Hall–Kier alpha value is -2.25. The predicted octanol–water partition coefficient (Wildman–Crippen LogP) is 5.59. The number of hydrogen-bond acceptors (Lipinski definition) is 3. The second-order valence-electron chi connectivity index (χ2n) is 7.20. The first-order chi connectivity index (χ1) is 15.1. The van der Waals surface area contributed by atoms with Gasteiger partial charge < -0.3 is 5.32 Å². The van der Waals surface area contributed by atoms with E-state index in [1.54, 1.807) is 36.4 Å². The Morgan fingerprint density at radius 1 is 0.875 bits per heavy atom. The third-order valence-electron chi connectivity index (χ3n) is 4.75. The van der Waals surface area contributed by atoms with Crippen LogP contribution in [0.2, 0.25) is 15.1 Å². The number of rotatable bonds is 8. The number of carbonyl (C=O) groups is 1. The van der Waals surface area contributed by atoms with Crippen LogP contribution < -0.4 is 9.62 Å². The lowest BCUT2D eigenvalue weighted by atomic mass is 10.1. The maximum Gasteiger partial charge on any atom is 0.251 e. The molecular formula is C23H21Cl3N2O3S. The van der Waals surface area contributed by atoms with E-state index in [2.05, 4.69) is 5.32 Å². The van der Waals surface area contributed by atoms with Crippen molar-refractivity contribution in [3.05, 3.63) is 98.5 Å². The molecule has 1 N–H and O–H groups in total. The highest BCUT2D eigenvalue weighted by molar-refractivity contribution is 7.92. The molecule has 168 valence electrons. The summed E-state index contributed by atoms with van der Waals surface area (Å²) < 4.78 is 25.9. The van der Waals surface area contributed by atoms with Crippen molar-refractivity contribution in [2.24, 2.45) is 0 Å². The van der Waals surface area contributed by atoms with Gasteiger partial charge in [0.2, 0.25) is 10.0 Å². The Balaban J connectivity index is 1.64. The Morgan fingerprint density at radius 2 is 1.50 bits per heavy atom. The Morgan fingerprint density at radius 3 is 2.09 bits per heavy atom. The second-order valence-corrected chi connectivity index (χ2v) is 10.4. The third kappa shape index (κ3) is 6.62. The normalized spacial score (nSPS) is 11.2. The average Bonchev–Trinajstić information content (AvgIpc) is 2.75. The molecule has 3 aromatic rings. The lowest BCUT2D eigenvalue weighted by Crippen LogP contribution is -2.29. The molecule has 9 heteroatoms. The van der Waals surface area contributed by atoms with Gasteiger partial charge in [-0.3, -0.25) is 9.10 Å². The number of sulfonamides is 1. The molecule has 0 aromatic heterocycles. The zero-order valence-electron chi connectivity index (χ0n) is 17.2. The molecule has 0 atom stereocenters. The van der Waals surface area contributed by atoms with Crippen molar-refractivity contribution >= 4 is 56.4 Å². The number of nitrogens with one attached hydrogen (secondary N) is 1. The van der Waals surface area contributed by atoms with Gasteiger partial charge in [0.05, 0.1) is 28.5 Å². The van der Waals surface area contributed by atoms with E-state index in [0.717, 1.165) is 17.4 Å². The zero-order valence-corrected chi connectivity index (χ0v) is 20.3. The van der Waals surface area contributed by atoms with Crippen LogP contribution in [0.15, 0.2) is 66.7 Å². The fourth-order valence-corrected chi connectivity index (χ4v) is 4.34. The first kappa shape index (κ1) is 24.4. The average molecular weight is 512 g/mol. The smallest absolute Gasteiger partial charge is 0.251 e. The van der Waals surface area contributed by atoms with Gasteiger partial charge in [-0.05, 0) is 60.0 Å². The van der Waals surface area contributed by atoms with E-state index in [1.165, 1.54) is 10.4 Å². The lowest BCUT2D eigenvalue weighted by Gasteiger charge is -2.23. The standard InChI is InChI=1S/C23H21Cl3N2O3S/c1-32(30,31)28(20-10-11-21(25)22(26)14-20)15-17-2-6-18(7-3-17)23(29)27-13-12-16-4-8-19(24)9-5-16/h2-11,14H,12-13,15H2,1H3,(H,27,29). The molecule has 3 aromatic carbocycles. The second kappa shape index (κ2) is 10.6. The van der Waals surface area contributed by atoms with Gasteiger partial charge in [0.1, 0.15) is 0 Å². The van der Waals surface area contributed by atoms with Crippen molar-refractivity contribution in [1.82, 2.24) is 5.32 Å². The van der Waals surface area contributed by atoms with Crippen LogP contribution in [0.4, 0.5) is 5.69 Å². The molecule has 0 unspecified atom stereocenters. The summed E-state index contributed by atoms with van der Waals surface area (Å²) in [5.41, 5.74) is 2.70. The summed E-state index contributed by atoms with van der Waals surface area (Å²) in [5.74, 6) is -0.199. The molecule has 1 amide bonds. The molecule has 0 aliphatic rings. The van der Waals surface area contributed by atoms with Crippen molar-refractivity contribution in [1.29, 1.82) is 0 Å². The SMILES string of the molecule is CS(=O)(=O)N(Cc1ccc(C(=O)NCCc2ccc(Cl)cc2)cc1)c1ccc(Cl)c(Cl)c1. The van der Waals surface area contributed by atoms with Crippen LogP contribution in [0.3, 0.4) is 0 Å². The van der Waals surface area contributed by atoms with Crippen molar-refractivity contribution in [3.63, 3.8) is 0 Å². The van der Waals surface area contributed by atoms with Crippen LogP contribution in [-0.4, -0.2) is 27.1 Å². The minimum atomic E-state index is -3.57. The molecular weight excluding hydrogens is 491 g/mol. The number of carbonyl (C=O) groups excluding carboxylic acids is 1. The summed E-state index contributed by atoms with van der Waals surface area (Å²) in [4.78, 5) is 12.4. The number of anilines is 1. The summed E-state index contributed by atoms with van der Waals surface area (Å²) in [6.07, 6.45) is 1.81. The van der Waals surface area contributed by atoms with E-state index < -0.39 is 10.0 Å². The molecule has 5 nitrogen and oxygen atoms in total. The van der Waals surface area contributed by atoms with E-state index in [9.17, 15) is 13.2 Å².